The van der Waals surface area contributed by atoms with Gasteiger partial charge in [-0.15, -0.1) is 6.42 Å². The molecule has 7 heteroatoms. The van der Waals surface area contributed by atoms with Crippen LogP contribution in [0.3, 0.4) is 0 Å². The molecule has 192 valence electrons. The minimum absolute atomic E-state index is 0.229. The summed E-state index contributed by atoms with van der Waals surface area (Å²) in [5, 5.41) is 5.66. The molecule has 2 N–H and O–H groups in total. The summed E-state index contributed by atoms with van der Waals surface area (Å²) < 4.78 is 5.40. The van der Waals surface area contributed by atoms with Crippen LogP contribution in [0, 0.1) is 12.3 Å². The van der Waals surface area contributed by atoms with Gasteiger partial charge in [-0.25, -0.2) is 4.79 Å². The van der Waals surface area contributed by atoms with E-state index in [2.05, 4.69) is 16.6 Å². The van der Waals surface area contributed by atoms with Gasteiger partial charge in [-0.1, -0.05) is 48.4 Å². The first-order valence-corrected chi connectivity index (χ1v) is 11.9. The lowest BCUT2D eigenvalue weighted by molar-refractivity contribution is -0.141. The van der Waals surface area contributed by atoms with Crippen LogP contribution in [0.15, 0.2) is 54.6 Å². The van der Waals surface area contributed by atoms with Crippen molar-refractivity contribution < 1.29 is 19.1 Å². The van der Waals surface area contributed by atoms with Gasteiger partial charge in [0, 0.05) is 24.6 Å². The van der Waals surface area contributed by atoms with Crippen LogP contribution in [0.1, 0.15) is 64.3 Å². The molecule has 2 unspecified atom stereocenters. The molecule has 0 saturated heterocycles. The summed E-state index contributed by atoms with van der Waals surface area (Å²) in [6, 6.07) is 14.4. The normalized spacial score (nSPS) is 13.1. The molecule has 0 radical (unpaired) electrons. The van der Waals surface area contributed by atoms with E-state index in [1.54, 1.807) is 52.1 Å². The zero-order valence-electron chi connectivity index (χ0n) is 22.2. The van der Waals surface area contributed by atoms with E-state index in [4.69, 9.17) is 11.2 Å². The number of hydrogen-bond acceptors (Lipinski definition) is 4. The van der Waals surface area contributed by atoms with Crippen molar-refractivity contribution in [1.82, 2.24) is 15.5 Å². The Morgan fingerprint density at radius 2 is 1.56 bits per heavy atom. The molecule has 7 nitrogen and oxygen atoms in total. The van der Waals surface area contributed by atoms with Crippen molar-refractivity contribution in [3.63, 3.8) is 0 Å². The average molecular weight is 492 g/mol. The molecule has 0 aromatic heterocycles. The number of benzene rings is 2. The van der Waals surface area contributed by atoms with E-state index in [0.717, 1.165) is 5.56 Å². The van der Waals surface area contributed by atoms with Gasteiger partial charge < -0.3 is 20.3 Å². The van der Waals surface area contributed by atoms with Gasteiger partial charge in [-0.05, 0) is 64.8 Å². The molecule has 2 atom stereocenters. The molecule has 0 aliphatic rings. The number of carbonyl (C=O) groups is 3. The van der Waals surface area contributed by atoms with Crippen LogP contribution in [-0.2, 0) is 20.7 Å². The summed E-state index contributed by atoms with van der Waals surface area (Å²) in [5.74, 6) is 1.78. The summed E-state index contributed by atoms with van der Waals surface area (Å²) in [5.41, 5.74) is 0.869. The van der Waals surface area contributed by atoms with Crippen molar-refractivity contribution in [2.75, 3.05) is 7.05 Å². The standard InChI is InChI=1S/C29H37N3O4/c1-9-20-15-17-22(18-16-20)24(25(33)31-28(2,3)4)32(8)26(34)23(19-21-13-11-10-12-14-21)30-27(35)36-29(5,6)7/h1,10-18,23-24H,19H2,2-8H3,(H,30,35)(H,31,33). The predicted molar refractivity (Wildman–Crippen MR) is 141 cm³/mol. The Kier molecular flexibility index (Phi) is 9.29. The number of hydrogen-bond donors (Lipinski definition) is 2. The average Bonchev–Trinajstić information content (AvgIpc) is 2.77. The topological polar surface area (TPSA) is 87.7 Å². The van der Waals surface area contributed by atoms with Crippen LogP contribution < -0.4 is 10.6 Å². The van der Waals surface area contributed by atoms with Gasteiger partial charge in [0.2, 0.25) is 11.8 Å². The van der Waals surface area contributed by atoms with Crippen molar-refractivity contribution in [2.24, 2.45) is 0 Å². The molecule has 2 rings (SSSR count). The summed E-state index contributed by atoms with van der Waals surface area (Å²) in [6.07, 6.45) is 5.00. The molecule has 0 spiro atoms. The van der Waals surface area contributed by atoms with Crippen LogP contribution in [0.4, 0.5) is 4.79 Å². The Labute approximate surface area is 214 Å². The summed E-state index contributed by atoms with van der Waals surface area (Å²) in [4.78, 5) is 41.2. The summed E-state index contributed by atoms with van der Waals surface area (Å²) >= 11 is 0. The highest BCUT2D eigenvalue weighted by atomic mass is 16.6. The van der Waals surface area contributed by atoms with Gasteiger partial charge in [-0.3, -0.25) is 9.59 Å². The smallest absolute Gasteiger partial charge is 0.408 e. The third-order valence-corrected chi connectivity index (χ3v) is 5.15. The van der Waals surface area contributed by atoms with Crippen LogP contribution in [0.25, 0.3) is 0 Å². The van der Waals surface area contributed by atoms with Gasteiger partial charge in [0.25, 0.3) is 0 Å². The highest BCUT2D eigenvalue weighted by molar-refractivity contribution is 5.92. The fourth-order valence-corrected chi connectivity index (χ4v) is 3.62. The second-order valence-corrected chi connectivity index (χ2v) is 10.7. The lowest BCUT2D eigenvalue weighted by Crippen LogP contribution is -2.54. The lowest BCUT2D eigenvalue weighted by atomic mass is 9.99. The molecular weight excluding hydrogens is 454 g/mol. The van der Waals surface area contributed by atoms with Gasteiger partial charge >= 0.3 is 6.09 Å². The Morgan fingerprint density at radius 3 is 2.06 bits per heavy atom. The zero-order chi connectivity index (χ0) is 27.1. The van der Waals surface area contributed by atoms with Gasteiger partial charge in [0.1, 0.15) is 17.7 Å². The third-order valence-electron chi connectivity index (χ3n) is 5.15. The minimum Gasteiger partial charge on any atom is -0.444 e. The number of carbonyl (C=O) groups excluding carboxylic acids is 3. The molecule has 3 amide bonds. The fourth-order valence-electron chi connectivity index (χ4n) is 3.62. The van der Waals surface area contributed by atoms with Gasteiger partial charge in [0.15, 0.2) is 0 Å². The van der Waals surface area contributed by atoms with E-state index in [0.29, 0.717) is 11.1 Å². The Hall–Kier alpha value is -3.79. The van der Waals surface area contributed by atoms with E-state index >= 15 is 0 Å². The summed E-state index contributed by atoms with van der Waals surface area (Å²) in [7, 11) is 1.55. The largest absolute Gasteiger partial charge is 0.444 e. The number of rotatable bonds is 7. The minimum atomic E-state index is -0.956. The first-order chi connectivity index (χ1) is 16.7. The maximum absolute atomic E-state index is 13.8. The molecule has 0 heterocycles. The van der Waals surface area contributed by atoms with Crippen molar-refractivity contribution >= 4 is 17.9 Å². The van der Waals surface area contributed by atoms with E-state index in [1.165, 1.54) is 4.90 Å². The highest BCUT2D eigenvalue weighted by Gasteiger charge is 2.35. The van der Waals surface area contributed by atoms with Crippen molar-refractivity contribution in [3.8, 4) is 12.3 Å². The van der Waals surface area contributed by atoms with E-state index < -0.39 is 35.2 Å². The van der Waals surface area contributed by atoms with E-state index in [1.807, 2.05) is 51.1 Å². The molecule has 0 aliphatic carbocycles. The van der Waals surface area contributed by atoms with Crippen LogP contribution in [0.2, 0.25) is 0 Å². The van der Waals surface area contributed by atoms with Crippen molar-refractivity contribution in [2.45, 2.75) is 71.2 Å². The Bertz CT molecular complexity index is 1090. The first kappa shape index (κ1) is 28.4. The van der Waals surface area contributed by atoms with Crippen LogP contribution in [0.5, 0.6) is 0 Å². The molecule has 0 bridgehead atoms. The van der Waals surface area contributed by atoms with Crippen molar-refractivity contribution in [3.05, 3.63) is 71.3 Å². The Balaban J connectivity index is 2.43. The molecule has 2 aromatic carbocycles. The number of nitrogens with zero attached hydrogens (tertiary/aromatic N) is 1. The number of likely N-dealkylation sites (N-methyl/N-ethyl adjacent to an activating group) is 1. The number of alkyl carbamates (subject to hydrolysis) is 1. The molecular formula is C29H37N3O4. The second kappa shape index (κ2) is 11.8. The third kappa shape index (κ3) is 8.77. The number of amides is 3. The molecule has 0 fully saturated rings. The monoisotopic (exact) mass is 491 g/mol. The number of terminal acetylenes is 1. The first-order valence-electron chi connectivity index (χ1n) is 11.9. The SMILES string of the molecule is C#Cc1ccc(C(C(=O)NC(C)(C)C)N(C)C(=O)C(Cc2ccccc2)NC(=O)OC(C)(C)C)cc1. The van der Waals surface area contributed by atoms with E-state index in [9.17, 15) is 14.4 Å². The maximum atomic E-state index is 13.8. The highest BCUT2D eigenvalue weighted by Crippen LogP contribution is 2.23. The fraction of sp³-hybridized carbons (Fsp3) is 0.414. The Morgan fingerprint density at radius 1 is 0.972 bits per heavy atom. The molecule has 0 saturated carbocycles. The maximum Gasteiger partial charge on any atom is 0.408 e. The lowest BCUT2D eigenvalue weighted by Gasteiger charge is -2.33. The summed E-state index contributed by atoms with van der Waals surface area (Å²) in [6.45, 7) is 10.9. The molecule has 2 aromatic rings. The van der Waals surface area contributed by atoms with Gasteiger partial charge in [0.05, 0.1) is 0 Å². The molecule has 0 aliphatic heterocycles. The zero-order valence-corrected chi connectivity index (χ0v) is 22.2. The van der Waals surface area contributed by atoms with Gasteiger partial charge in [-0.2, -0.15) is 0 Å². The quantitative estimate of drug-likeness (QED) is 0.568. The molecule has 36 heavy (non-hydrogen) atoms. The van der Waals surface area contributed by atoms with Crippen LogP contribution in [-0.4, -0.2) is 47.0 Å². The number of ether oxygens (including phenoxy) is 1. The predicted octanol–water partition coefficient (Wildman–Crippen LogP) is 4.22. The second-order valence-electron chi connectivity index (χ2n) is 10.7. The van der Waals surface area contributed by atoms with Crippen LogP contribution >= 0.6 is 0 Å². The van der Waals surface area contributed by atoms with E-state index in [-0.39, 0.29) is 12.3 Å². The number of nitrogens with one attached hydrogen (secondary N) is 2. The van der Waals surface area contributed by atoms with Crippen molar-refractivity contribution in [1.29, 1.82) is 0 Å².